The van der Waals surface area contributed by atoms with Gasteiger partial charge in [0.1, 0.15) is 11.2 Å². The fourth-order valence-electron chi connectivity index (χ4n) is 5.79. The van der Waals surface area contributed by atoms with Crippen LogP contribution in [0.5, 0.6) is 0 Å². The molecule has 0 bridgehead atoms. The van der Waals surface area contributed by atoms with E-state index < -0.39 is 269 Å². The van der Waals surface area contributed by atoms with Gasteiger partial charge < -0.3 is 4.42 Å². The monoisotopic (exact) mass is 651 g/mol. The lowest BCUT2D eigenvalue weighted by Gasteiger charge is -2.18. The highest BCUT2D eigenvalue weighted by molar-refractivity contribution is 6.24. The van der Waals surface area contributed by atoms with Crippen molar-refractivity contribution < 1.29 is 44.2 Å². The normalized spacial score (nSPS) is 20.0. The molecule has 0 aliphatic carbocycles. The van der Waals surface area contributed by atoms with Gasteiger partial charge in [0.25, 0.3) is 0 Å². The van der Waals surface area contributed by atoms with Gasteiger partial charge in [0, 0.05) is 21.9 Å². The van der Waals surface area contributed by atoms with Gasteiger partial charge in [-0.1, -0.05) is 157 Å². The number of benzene rings is 9. The third kappa shape index (κ3) is 4.47. The van der Waals surface area contributed by atoms with Crippen molar-refractivity contribution in [3.63, 3.8) is 0 Å². The Morgan fingerprint density at radius 3 is 1.71 bits per heavy atom. The molecular formula is C48H30O. The average molecular weight is 652 g/mol. The molecule has 0 amide bonds. The molecule has 0 saturated carbocycles. The molecule has 0 radical (unpaired) electrons. The van der Waals surface area contributed by atoms with E-state index in [0.29, 0.717) is 0 Å². The summed E-state index contributed by atoms with van der Waals surface area (Å²) >= 11 is 0. The molecule has 9 aromatic carbocycles. The molecule has 10 aromatic rings. The lowest BCUT2D eigenvalue weighted by atomic mass is 9.85. The van der Waals surface area contributed by atoms with Crippen molar-refractivity contribution in [1.29, 1.82) is 0 Å². The second-order valence-electron chi connectivity index (χ2n) is 10.6. The minimum Gasteiger partial charge on any atom is -0.455 e. The van der Waals surface area contributed by atoms with Crippen molar-refractivity contribution in [3.05, 3.63) is 181 Å². The van der Waals surface area contributed by atoms with Crippen molar-refractivity contribution in [3.8, 4) is 44.5 Å². The Bertz CT molecular complexity index is 4430. The van der Waals surface area contributed by atoms with Gasteiger partial charge in [-0.3, -0.25) is 0 Å². The molecule has 0 N–H and O–H groups in total. The van der Waals surface area contributed by atoms with Crippen LogP contribution in [0.4, 0.5) is 0 Å². The average Bonchev–Trinajstić information content (AvgIpc) is 3.97. The van der Waals surface area contributed by atoms with Gasteiger partial charge in [-0.15, -0.1) is 0 Å². The van der Waals surface area contributed by atoms with Crippen LogP contribution in [-0.2, 0) is 0 Å². The summed E-state index contributed by atoms with van der Waals surface area (Å²) in [4.78, 5) is 0. The fourth-order valence-corrected chi connectivity index (χ4v) is 5.79. The summed E-state index contributed by atoms with van der Waals surface area (Å²) in [5.41, 5.74) is -7.15. The van der Waals surface area contributed by atoms with Crippen LogP contribution < -0.4 is 0 Å². The van der Waals surface area contributed by atoms with E-state index in [1.165, 1.54) is 0 Å². The van der Waals surface area contributed by atoms with E-state index in [1.807, 2.05) is 0 Å². The van der Waals surface area contributed by atoms with Crippen LogP contribution >= 0.6 is 0 Å². The van der Waals surface area contributed by atoms with Crippen molar-refractivity contribution in [2.24, 2.45) is 0 Å². The lowest BCUT2D eigenvalue weighted by Crippen LogP contribution is -1.91. The highest BCUT2D eigenvalue weighted by atomic mass is 16.3. The zero-order chi connectivity index (χ0) is 57.5. The summed E-state index contributed by atoms with van der Waals surface area (Å²) in [5, 5.41) is -4.92. The summed E-state index contributed by atoms with van der Waals surface area (Å²) < 4.78 is 267. The molecule has 0 atom stereocenters. The maximum absolute atomic E-state index is 9.82. The molecule has 1 aromatic heterocycles. The first-order valence-corrected chi connectivity index (χ1v) is 14.5. The Balaban J connectivity index is 1.46. The maximum atomic E-state index is 9.82. The number of hydrogen-bond donors (Lipinski definition) is 0. The number of rotatable bonds is 4. The first-order chi connectivity index (χ1) is 36.4. The van der Waals surface area contributed by atoms with Crippen molar-refractivity contribution in [2.75, 3.05) is 0 Å². The van der Waals surface area contributed by atoms with Crippen molar-refractivity contribution in [1.82, 2.24) is 0 Å². The summed E-state index contributed by atoms with van der Waals surface area (Å²) in [6.45, 7) is 0. The second-order valence-corrected chi connectivity index (χ2v) is 10.6. The van der Waals surface area contributed by atoms with Gasteiger partial charge in [-0.25, -0.2) is 0 Å². The summed E-state index contributed by atoms with van der Waals surface area (Å²) in [5.74, 6) is 0. The van der Waals surface area contributed by atoms with E-state index in [1.54, 1.807) is 0 Å². The quantitative estimate of drug-likeness (QED) is 0.173. The topological polar surface area (TPSA) is 13.1 Å². The molecule has 1 heterocycles. The lowest BCUT2D eigenvalue weighted by molar-refractivity contribution is 0.670. The first-order valence-electron chi connectivity index (χ1n) is 29.0. The summed E-state index contributed by atoms with van der Waals surface area (Å²) in [6, 6.07) is -25.6. The predicted molar refractivity (Wildman–Crippen MR) is 208 cm³/mol. The molecule has 0 fully saturated rings. The highest BCUT2D eigenvalue weighted by Gasteiger charge is 2.20. The number of hydrogen-bond acceptors (Lipinski definition) is 1. The van der Waals surface area contributed by atoms with Gasteiger partial charge in [0.15, 0.2) is 0 Å². The molecule has 0 spiro atoms. The maximum Gasteiger partial charge on any atom is 0.143 e. The number of para-hydroxylation sites is 1. The first kappa shape index (κ1) is 11.3. The Morgan fingerprint density at radius 1 is 0.347 bits per heavy atom. The second kappa shape index (κ2) is 11.1. The smallest absolute Gasteiger partial charge is 0.143 e. The molecular weight excluding hydrogens is 593 g/mol. The van der Waals surface area contributed by atoms with E-state index in [2.05, 4.69) is 0 Å². The Hall–Kier alpha value is -6.44. The number of furan rings is 1. The van der Waals surface area contributed by atoms with Gasteiger partial charge in [-0.05, 0) is 89.9 Å². The van der Waals surface area contributed by atoms with Crippen LogP contribution in [-0.4, -0.2) is 0 Å². The highest BCUT2D eigenvalue weighted by Crippen LogP contribution is 2.47. The molecule has 0 aliphatic rings. The minimum atomic E-state index is -1.09. The van der Waals surface area contributed by atoms with E-state index in [4.69, 9.17) is 31.8 Å². The van der Waals surface area contributed by atoms with Crippen LogP contribution in [0.1, 0.15) is 39.8 Å². The van der Waals surface area contributed by atoms with Crippen molar-refractivity contribution >= 4 is 54.3 Å². The Kier molecular flexibility index (Phi) is 2.56. The largest absolute Gasteiger partial charge is 0.455 e. The van der Waals surface area contributed by atoms with E-state index >= 15 is 0 Å². The van der Waals surface area contributed by atoms with E-state index in [9.17, 15) is 12.3 Å². The van der Waals surface area contributed by atoms with Crippen LogP contribution in [0.3, 0.4) is 0 Å². The number of fused-ring (bicyclic) bond motifs is 6. The molecule has 228 valence electrons. The molecule has 1 nitrogen and oxygen atoms in total. The SMILES string of the molecule is [2H]c1cc2c(oc3c([2H])c([2H])c(-c4c([2H])c([2H])c([2H])c([2H])c4[2H])c([2H])c32)c(-c2c3c([2H])c([2H])c([2H])c([2H])c3c(-c3c([2H])c([2H])c([2H])c(-c4c([2H])c([2H])c5c([2H])c([2H])c([2H])c([2H])c5c4[2H])c3[2H])c3c([2H])c([2H])c([2H])c([2H])c23)c1[2H]. The Morgan fingerprint density at radius 2 is 0.939 bits per heavy atom. The zero-order valence-corrected chi connectivity index (χ0v) is 24.5. The summed E-state index contributed by atoms with van der Waals surface area (Å²) in [7, 11) is 0. The minimum absolute atomic E-state index is 0.331. The van der Waals surface area contributed by atoms with Crippen LogP contribution in [0.25, 0.3) is 98.8 Å². The molecule has 0 aliphatic heterocycles. The van der Waals surface area contributed by atoms with Crippen LogP contribution in [0, 0.1) is 0 Å². The van der Waals surface area contributed by atoms with E-state index in [-0.39, 0.29) is 5.39 Å². The Labute approximate surface area is 325 Å². The fraction of sp³-hybridized carbons (Fsp3) is 0. The van der Waals surface area contributed by atoms with Crippen LogP contribution in [0.2, 0.25) is 0 Å². The van der Waals surface area contributed by atoms with Crippen molar-refractivity contribution in [2.45, 2.75) is 0 Å². The van der Waals surface area contributed by atoms with Gasteiger partial charge in [0.2, 0.25) is 0 Å². The summed E-state index contributed by atoms with van der Waals surface area (Å²) in [6.07, 6.45) is 0. The zero-order valence-electron chi connectivity index (χ0n) is 53.5. The standard InChI is InChI=1S/C48H30O/c1-2-12-31(13-3-1)36-26-27-45-44(30-36)42-22-11-23-43(48(42)49-45)47-40-20-8-6-18-38(40)46(39-19-7-9-21-41(39)47)37-17-10-16-34(29-37)35-25-24-32-14-4-5-15-33(32)28-35/h1-30H/i1D,2D,3D,4D,5D,6D,7D,8D,9D,10D,11D,12D,13D,14D,15D,16D,17D,18D,19D,20D,21D,23D,24D,25D,26D,27D,28D,29D,30D. The van der Waals surface area contributed by atoms with Gasteiger partial charge in [0.05, 0.1) is 39.8 Å². The molecule has 0 saturated heterocycles. The van der Waals surface area contributed by atoms with Gasteiger partial charge >= 0.3 is 0 Å². The third-order valence-electron chi connectivity index (χ3n) is 7.89. The molecule has 10 rings (SSSR count). The molecule has 0 unspecified atom stereocenters. The molecule has 49 heavy (non-hydrogen) atoms. The van der Waals surface area contributed by atoms with Crippen LogP contribution in [0.15, 0.2) is 186 Å². The van der Waals surface area contributed by atoms with E-state index in [0.717, 1.165) is 6.07 Å². The predicted octanol–water partition coefficient (Wildman–Crippen LogP) is 13.7. The van der Waals surface area contributed by atoms with Gasteiger partial charge in [-0.2, -0.15) is 0 Å². The third-order valence-corrected chi connectivity index (χ3v) is 7.89. The molecule has 1 heteroatoms.